The lowest BCUT2D eigenvalue weighted by atomic mass is 10.1. The van der Waals surface area contributed by atoms with Gasteiger partial charge in [-0.25, -0.2) is 9.97 Å². The van der Waals surface area contributed by atoms with E-state index in [-0.39, 0.29) is 27.9 Å². The number of anilines is 4. The van der Waals surface area contributed by atoms with Crippen molar-refractivity contribution in [3.8, 4) is 17.0 Å². The first-order valence-corrected chi connectivity index (χ1v) is 11.1. The topological polar surface area (TPSA) is 88.6 Å². The molecule has 12 heteroatoms. The van der Waals surface area contributed by atoms with Gasteiger partial charge in [0, 0.05) is 40.7 Å². The number of amides is 1. The number of nitrogens with zero attached hydrogens (tertiary/aromatic N) is 3. The Balaban J connectivity index is 1.69. The van der Waals surface area contributed by atoms with Crippen LogP contribution in [0.5, 0.6) is 5.75 Å². The van der Waals surface area contributed by atoms with Gasteiger partial charge in [0.1, 0.15) is 5.69 Å². The quantitative estimate of drug-likeness (QED) is 0.404. The van der Waals surface area contributed by atoms with Gasteiger partial charge in [-0.2, -0.15) is 0 Å². The summed E-state index contributed by atoms with van der Waals surface area (Å²) in [7, 11) is 0. The van der Waals surface area contributed by atoms with Crippen LogP contribution in [0, 0.1) is 0 Å². The van der Waals surface area contributed by atoms with Crippen LogP contribution in [0.4, 0.5) is 36.2 Å². The van der Waals surface area contributed by atoms with Crippen LogP contribution >= 0.6 is 11.6 Å². The second-order valence-electron chi connectivity index (χ2n) is 7.65. The molecule has 1 saturated heterocycles. The van der Waals surface area contributed by atoms with Crippen molar-refractivity contribution in [1.29, 1.82) is 0 Å². The normalized spacial score (nSPS) is 13.7. The first-order valence-electron chi connectivity index (χ1n) is 10.8. The first-order chi connectivity index (χ1) is 17.2. The maximum Gasteiger partial charge on any atom is 0.573 e. The van der Waals surface area contributed by atoms with E-state index >= 15 is 0 Å². The molecule has 0 unspecified atom stereocenters. The SMILES string of the molecule is C=CC(=O)Nc1cc(Cl)cc(-c2nc(Nc3cccc(N4CCOCC4)c3)ncc2OC(F)(F)F)c1. The van der Waals surface area contributed by atoms with E-state index in [1.54, 1.807) is 6.07 Å². The van der Waals surface area contributed by atoms with Crippen molar-refractivity contribution in [1.82, 2.24) is 9.97 Å². The number of nitrogens with one attached hydrogen (secondary N) is 2. The summed E-state index contributed by atoms with van der Waals surface area (Å²) in [6.07, 6.45) is -3.00. The smallest absolute Gasteiger partial charge is 0.402 e. The van der Waals surface area contributed by atoms with Crippen molar-refractivity contribution in [3.05, 3.63) is 66.3 Å². The number of ether oxygens (including phenoxy) is 2. The van der Waals surface area contributed by atoms with Crippen LogP contribution in [0.2, 0.25) is 5.02 Å². The molecule has 0 spiro atoms. The molecule has 188 valence electrons. The Morgan fingerprint density at radius 1 is 1.17 bits per heavy atom. The molecular weight excluding hydrogens is 499 g/mol. The lowest BCUT2D eigenvalue weighted by Gasteiger charge is -2.29. The molecule has 0 bridgehead atoms. The molecule has 1 amide bonds. The molecule has 1 fully saturated rings. The summed E-state index contributed by atoms with van der Waals surface area (Å²) in [5.74, 6) is -1.10. The van der Waals surface area contributed by atoms with Gasteiger partial charge < -0.3 is 25.0 Å². The Bertz CT molecular complexity index is 1270. The number of rotatable bonds is 7. The number of halogens is 4. The molecule has 1 aromatic heterocycles. The number of alkyl halides is 3. The summed E-state index contributed by atoms with van der Waals surface area (Å²) in [6.45, 7) is 6.11. The van der Waals surface area contributed by atoms with E-state index in [1.165, 1.54) is 18.2 Å². The predicted molar refractivity (Wildman–Crippen MR) is 131 cm³/mol. The molecule has 36 heavy (non-hydrogen) atoms. The van der Waals surface area contributed by atoms with Crippen LogP contribution < -0.4 is 20.3 Å². The summed E-state index contributed by atoms with van der Waals surface area (Å²) in [5.41, 5.74) is 1.84. The molecule has 2 aromatic carbocycles. The van der Waals surface area contributed by atoms with Gasteiger partial charge in [-0.05, 0) is 42.5 Å². The number of hydrogen-bond donors (Lipinski definition) is 2. The van der Waals surface area contributed by atoms with E-state index in [0.29, 0.717) is 18.9 Å². The Kier molecular flexibility index (Phi) is 7.61. The maximum absolute atomic E-state index is 13.1. The molecule has 0 atom stereocenters. The largest absolute Gasteiger partial charge is 0.573 e. The van der Waals surface area contributed by atoms with E-state index in [4.69, 9.17) is 16.3 Å². The zero-order valence-corrected chi connectivity index (χ0v) is 19.6. The molecule has 3 aromatic rings. The van der Waals surface area contributed by atoms with Gasteiger partial charge in [-0.3, -0.25) is 4.79 Å². The Hall–Kier alpha value is -3.83. The molecule has 2 heterocycles. The van der Waals surface area contributed by atoms with Crippen LogP contribution in [0.15, 0.2) is 61.3 Å². The van der Waals surface area contributed by atoms with Gasteiger partial charge >= 0.3 is 6.36 Å². The third-order valence-electron chi connectivity index (χ3n) is 5.08. The lowest BCUT2D eigenvalue weighted by molar-refractivity contribution is -0.274. The molecule has 0 saturated carbocycles. The van der Waals surface area contributed by atoms with Gasteiger partial charge in [-0.1, -0.05) is 24.2 Å². The highest BCUT2D eigenvalue weighted by molar-refractivity contribution is 6.31. The van der Waals surface area contributed by atoms with Crippen molar-refractivity contribution in [2.75, 3.05) is 41.8 Å². The molecule has 1 aliphatic heterocycles. The molecule has 8 nitrogen and oxygen atoms in total. The summed E-state index contributed by atoms with van der Waals surface area (Å²) in [6, 6.07) is 11.7. The summed E-state index contributed by atoms with van der Waals surface area (Å²) < 4.78 is 48.8. The number of hydrogen-bond acceptors (Lipinski definition) is 7. The molecular formula is C24H21ClF3N5O3. The second-order valence-corrected chi connectivity index (χ2v) is 8.09. The zero-order valence-electron chi connectivity index (χ0n) is 18.8. The number of carbonyl (C=O) groups is 1. The van der Waals surface area contributed by atoms with Gasteiger partial charge in [-0.15, -0.1) is 13.2 Å². The third-order valence-corrected chi connectivity index (χ3v) is 5.30. The highest BCUT2D eigenvalue weighted by Gasteiger charge is 2.33. The minimum absolute atomic E-state index is 0.0373. The zero-order chi connectivity index (χ0) is 25.7. The molecule has 1 aliphatic rings. The summed E-state index contributed by atoms with van der Waals surface area (Å²) in [4.78, 5) is 22.1. The van der Waals surface area contributed by atoms with Crippen LogP contribution in [0.25, 0.3) is 11.3 Å². The highest BCUT2D eigenvalue weighted by atomic mass is 35.5. The van der Waals surface area contributed by atoms with Crippen LogP contribution in [0.1, 0.15) is 0 Å². The minimum Gasteiger partial charge on any atom is -0.402 e. The van der Waals surface area contributed by atoms with Crippen LogP contribution in [-0.4, -0.2) is 48.5 Å². The maximum atomic E-state index is 13.1. The van der Waals surface area contributed by atoms with Crippen molar-refractivity contribution in [2.45, 2.75) is 6.36 Å². The number of benzene rings is 2. The number of aromatic nitrogens is 2. The van der Waals surface area contributed by atoms with Crippen LogP contribution in [-0.2, 0) is 9.53 Å². The van der Waals surface area contributed by atoms with Crippen molar-refractivity contribution >= 4 is 40.5 Å². The average molecular weight is 520 g/mol. The standard InChI is InChI=1S/C24H21ClF3N5O3/c1-2-21(34)30-18-11-15(10-16(25)12-18)22-20(36-24(26,27)28)14-29-23(32-22)31-17-4-3-5-19(13-17)33-6-8-35-9-7-33/h2-5,10-14H,1,6-9H2,(H,30,34)(H,29,31,32). The lowest BCUT2D eigenvalue weighted by Crippen LogP contribution is -2.36. The Labute approximate surface area is 209 Å². The molecule has 0 radical (unpaired) electrons. The molecule has 0 aliphatic carbocycles. The second kappa shape index (κ2) is 10.8. The summed E-state index contributed by atoms with van der Waals surface area (Å²) in [5, 5.41) is 5.71. The predicted octanol–water partition coefficient (Wildman–Crippen LogP) is 5.40. The number of morpholine rings is 1. The van der Waals surface area contributed by atoms with Gasteiger partial charge in [0.25, 0.3) is 0 Å². The monoisotopic (exact) mass is 519 g/mol. The average Bonchev–Trinajstić information content (AvgIpc) is 2.84. The van der Waals surface area contributed by atoms with Crippen molar-refractivity contribution < 1.29 is 27.4 Å². The Morgan fingerprint density at radius 3 is 2.67 bits per heavy atom. The number of carbonyl (C=O) groups excluding carboxylic acids is 1. The van der Waals surface area contributed by atoms with E-state index in [2.05, 4.69) is 36.8 Å². The fourth-order valence-electron chi connectivity index (χ4n) is 3.56. The third kappa shape index (κ3) is 6.64. The summed E-state index contributed by atoms with van der Waals surface area (Å²) >= 11 is 6.16. The molecule has 2 N–H and O–H groups in total. The van der Waals surface area contributed by atoms with Gasteiger partial charge in [0.15, 0.2) is 5.75 Å². The van der Waals surface area contributed by atoms with E-state index in [0.717, 1.165) is 31.0 Å². The fraction of sp³-hybridized carbons (Fsp3) is 0.208. The van der Waals surface area contributed by atoms with E-state index in [1.807, 2.05) is 18.2 Å². The van der Waals surface area contributed by atoms with Crippen LogP contribution in [0.3, 0.4) is 0 Å². The minimum atomic E-state index is -4.97. The van der Waals surface area contributed by atoms with E-state index < -0.39 is 18.0 Å². The van der Waals surface area contributed by atoms with E-state index in [9.17, 15) is 18.0 Å². The molecule has 4 rings (SSSR count). The highest BCUT2D eigenvalue weighted by Crippen LogP contribution is 2.36. The van der Waals surface area contributed by atoms with Gasteiger partial charge in [0.05, 0.1) is 19.4 Å². The first kappa shape index (κ1) is 25.3. The van der Waals surface area contributed by atoms with Crippen molar-refractivity contribution in [2.24, 2.45) is 0 Å². The van der Waals surface area contributed by atoms with Gasteiger partial charge in [0.2, 0.25) is 11.9 Å². The van der Waals surface area contributed by atoms with Crippen molar-refractivity contribution in [3.63, 3.8) is 0 Å². The Morgan fingerprint density at radius 2 is 1.94 bits per heavy atom. The fourth-order valence-corrected chi connectivity index (χ4v) is 3.80.